The monoisotopic (exact) mass is 410 g/mol. The molecule has 2 aromatic rings. The zero-order valence-corrected chi connectivity index (χ0v) is 18.8. The van der Waals surface area contributed by atoms with Crippen molar-refractivity contribution in [2.45, 2.75) is 60.9 Å². The molecule has 0 bridgehead atoms. The lowest BCUT2D eigenvalue weighted by Gasteiger charge is -2.33. The third-order valence-electron chi connectivity index (χ3n) is 5.49. The van der Waals surface area contributed by atoms with E-state index < -0.39 is 0 Å². The average molecular weight is 411 g/mol. The minimum Gasteiger partial charge on any atom is -0.367 e. The van der Waals surface area contributed by atoms with Crippen LogP contribution in [0.1, 0.15) is 56.4 Å². The first-order valence-corrected chi connectivity index (χ1v) is 10.4. The number of hydrogen-bond acceptors (Lipinski definition) is 3. The molecule has 0 saturated carbocycles. The Morgan fingerprint density at radius 2 is 1.70 bits per heavy atom. The predicted octanol–water partition coefficient (Wildman–Crippen LogP) is 5.32. The molecule has 3 rings (SSSR count). The van der Waals surface area contributed by atoms with Gasteiger partial charge in [0.05, 0.1) is 5.69 Å². The van der Waals surface area contributed by atoms with Gasteiger partial charge in [0.1, 0.15) is 5.82 Å². The molecule has 160 valence electrons. The summed E-state index contributed by atoms with van der Waals surface area (Å²) in [6.07, 6.45) is 1.09. The van der Waals surface area contributed by atoms with Crippen LogP contribution < -0.4 is 9.80 Å². The van der Waals surface area contributed by atoms with E-state index in [1.165, 1.54) is 17.9 Å². The summed E-state index contributed by atoms with van der Waals surface area (Å²) < 4.78 is 13.5. The molecule has 1 aliphatic rings. The summed E-state index contributed by atoms with van der Waals surface area (Å²) in [5, 5.41) is 0. The van der Waals surface area contributed by atoms with Crippen molar-refractivity contribution in [3.05, 3.63) is 58.4 Å². The number of amides is 2. The van der Waals surface area contributed by atoms with E-state index in [1.54, 1.807) is 6.07 Å². The lowest BCUT2D eigenvalue weighted by atomic mass is 9.91. The summed E-state index contributed by atoms with van der Waals surface area (Å²) in [5.41, 5.74) is 5.52. The Kier molecular flexibility index (Phi) is 6.02. The maximum absolute atomic E-state index is 13.5. The third-order valence-corrected chi connectivity index (χ3v) is 5.49. The number of carbonyl (C=O) groups is 2. The maximum Gasteiger partial charge on any atom is 0.234 e. The first-order chi connectivity index (χ1) is 14.0. The molecule has 30 heavy (non-hydrogen) atoms. The highest BCUT2D eigenvalue weighted by Crippen LogP contribution is 2.34. The highest BCUT2D eigenvalue weighted by atomic mass is 19.1. The van der Waals surface area contributed by atoms with Crippen LogP contribution in [0.4, 0.5) is 15.8 Å². The van der Waals surface area contributed by atoms with Crippen molar-refractivity contribution in [1.82, 2.24) is 0 Å². The lowest BCUT2D eigenvalue weighted by molar-refractivity contribution is -0.126. The number of carbonyl (C=O) groups excluding carboxylic acids is 2. The van der Waals surface area contributed by atoms with Crippen LogP contribution in [-0.4, -0.2) is 18.4 Å². The van der Waals surface area contributed by atoms with Crippen molar-refractivity contribution in [2.75, 3.05) is 16.3 Å². The highest BCUT2D eigenvalue weighted by molar-refractivity contribution is 6.15. The van der Waals surface area contributed by atoms with Gasteiger partial charge in [-0.1, -0.05) is 26.8 Å². The molecule has 0 saturated heterocycles. The van der Waals surface area contributed by atoms with Crippen molar-refractivity contribution in [3.8, 4) is 0 Å². The fraction of sp³-hybridized carbons (Fsp3) is 0.440. The molecule has 0 radical (unpaired) electrons. The number of halogens is 1. The molecular formula is C25H31FN2O2. The molecule has 1 heterocycles. The smallest absolute Gasteiger partial charge is 0.234 e. The molecule has 1 aliphatic heterocycles. The lowest BCUT2D eigenvalue weighted by Crippen LogP contribution is -2.38. The Labute approximate surface area is 178 Å². The van der Waals surface area contributed by atoms with E-state index in [9.17, 15) is 14.0 Å². The van der Waals surface area contributed by atoms with Gasteiger partial charge in [0.2, 0.25) is 11.8 Å². The summed E-state index contributed by atoms with van der Waals surface area (Å²) in [4.78, 5) is 28.9. The molecule has 0 aromatic heterocycles. The second-order valence-electron chi connectivity index (χ2n) is 9.50. The molecule has 2 aromatic carbocycles. The van der Waals surface area contributed by atoms with Crippen LogP contribution in [0.5, 0.6) is 0 Å². The molecule has 0 unspecified atom stereocenters. The highest BCUT2D eigenvalue weighted by Gasteiger charge is 2.28. The maximum atomic E-state index is 13.5. The Morgan fingerprint density at radius 3 is 2.27 bits per heavy atom. The van der Waals surface area contributed by atoms with E-state index >= 15 is 0 Å². The van der Waals surface area contributed by atoms with Crippen molar-refractivity contribution in [3.63, 3.8) is 0 Å². The summed E-state index contributed by atoms with van der Waals surface area (Å²) >= 11 is 0. The molecule has 0 spiro atoms. The van der Waals surface area contributed by atoms with Crippen LogP contribution in [0.3, 0.4) is 0 Å². The molecule has 0 N–H and O–H groups in total. The summed E-state index contributed by atoms with van der Waals surface area (Å²) in [6.45, 7) is 12.8. The van der Waals surface area contributed by atoms with Crippen LogP contribution in [0.15, 0.2) is 30.3 Å². The largest absolute Gasteiger partial charge is 0.367 e. The summed E-state index contributed by atoms with van der Waals surface area (Å²) in [5.74, 6) is -0.637. The zero-order valence-electron chi connectivity index (χ0n) is 18.8. The van der Waals surface area contributed by atoms with Crippen LogP contribution in [-0.2, 0) is 22.6 Å². The number of nitrogens with zero attached hydrogens (tertiary/aromatic N) is 2. The number of rotatable bonds is 3. The number of imide groups is 1. The van der Waals surface area contributed by atoms with Crippen molar-refractivity contribution in [2.24, 2.45) is 5.41 Å². The van der Waals surface area contributed by atoms with Gasteiger partial charge in [-0.25, -0.2) is 4.39 Å². The van der Waals surface area contributed by atoms with E-state index in [0.717, 1.165) is 40.9 Å². The van der Waals surface area contributed by atoms with Gasteiger partial charge in [-0.2, -0.15) is 0 Å². The number of anilines is 2. The molecule has 4 nitrogen and oxygen atoms in total. The first-order valence-electron chi connectivity index (χ1n) is 10.4. The Morgan fingerprint density at radius 1 is 1.07 bits per heavy atom. The van der Waals surface area contributed by atoms with Gasteiger partial charge in [0.15, 0.2) is 0 Å². The number of fused-ring (bicyclic) bond motifs is 1. The topological polar surface area (TPSA) is 40.6 Å². The second kappa shape index (κ2) is 8.21. The van der Waals surface area contributed by atoms with Crippen LogP contribution in [0.25, 0.3) is 0 Å². The SMILES string of the molecule is CC(=O)N(C(=O)CC(C)(C)C)c1c(C)cc(N2CCc3cc(F)ccc3C2)cc1C. The Hall–Kier alpha value is -2.69. The normalized spacial score (nSPS) is 13.8. The van der Waals surface area contributed by atoms with E-state index in [1.807, 2.05) is 52.8 Å². The molecular weight excluding hydrogens is 379 g/mol. The van der Waals surface area contributed by atoms with Gasteiger partial charge in [0, 0.05) is 32.1 Å². The van der Waals surface area contributed by atoms with Crippen molar-refractivity contribution < 1.29 is 14.0 Å². The fourth-order valence-electron chi connectivity index (χ4n) is 4.20. The second-order valence-corrected chi connectivity index (χ2v) is 9.50. The average Bonchev–Trinajstić information content (AvgIpc) is 2.62. The summed E-state index contributed by atoms with van der Waals surface area (Å²) in [7, 11) is 0. The molecule has 0 fully saturated rings. The predicted molar refractivity (Wildman–Crippen MR) is 119 cm³/mol. The van der Waals surface area contributed by atoms with E-state index in [0.29, 0.717) is 18.7 Å². The third kappa shape index (κ3) is 4.72. The number of hydrogen-bond donors (Lipinski definition) is 0. The van der Waals surface area contributed by atoms with Gasteiger partial charge >= 0.3 is 0 Å². The molecule has 2 amide bonds. The fourth-order valence-corrected chi connectivity index (χ4v) is 4.20. The molecule has 5 heteroatoms. The number of aryl methyl sites for hydroxylation is 2. The van der Waals surface area contributed by atoms with Crippen LogP contribution in [0.2, 0.25) is 0 Å². The van der Waals surface area contributed by atoms with Crippen molar-refractivity contribution >= 4 is 23.2 Å². The van der Waals surface area contributed by atoms with Crippen LogP contribution >= 0.6 is 0 Å². The van der Waals surface area contributed by atoms with Crippen LogP contribution in [0, 0.1) is 25.1 Å². The minimum absolute atomic E-state index is 0.178. The van der Waals surface area contributed by atoms with Gasteiger partial charge in [-0.05, 0) is 72.2 Å². The van der Waals surface area contributed by atoms with E-state index in [2.05, 4.69) is 4.90 Å². The first kappa shape index (κ1) is 22.0. The quantitative estimate of drug-likeness (QED) is 0.687. The molecule has 0 atom stereocenters. The Bertz CT molecular complexity index is 968. The standard InChI is InChI=1S/C25H31FN2O2/c1-16-11-22(27-10-9-19-13-21(26)8-7-20(19)15-27)12-17(2)24(16)28(18(3)29)23(30)14-25(4,5)6/h7-8,11-13H,9-10,14-15H2,1-6H3. The van der Waals surface area contributed by atoms with Gasteiger partial charge in [0.25, 0.3) is 0 Å². The zero-order chi connectivity index (χ0) is 22.2. The van der Waals surface area contributed by atoms with Gasteiger partial charge < -0.3 is 4.90 Å². The van der Waals surface area contributed by atoms with Gasteiger partial charge in [-0.3, -0.25) is 14.5 Å². The Balaban J connectivity index is 1.92. The summed E-state index contributed by atoms with van der Waals surface area (Å²) in [6, 6.07) is 9.06. The minimum atomic E-state index is -0.267. The van der Waals surface area contributed by atoms with Gasteiger partial charge in [-0.15, -0.1) is 0 Å². The number of benzene rings is 2. The van der Waals surface area contributed by atoms with E-state index in [4.69, 9.17) is 0 Å². The molecule has 0 aliphatic carbocycles. The van der Waals surface area contributed by atoms with E-state index in [-0.39, 0.29) is 23.0 Å². The van der Waals surface area contributed by atoms with Crippen molar-refractivity contribution in [1.29, 1.82) is 0 Å².